The molecule has 3 N–H and O–H groups in total. The Morgan fingerprint density at radius 1 is 1.20 bits per heavy atom. The second-order valence-electron chi connectivity index (χ2n) is 5.96. The molecule has 2 heterocycles. The maximum atomic E-state index is 11.0. The van der Waals surface area contributed by atoms with Gasteiger partial charge in [0, 0.05) is 23.3 Å². The number of carboxylic acid groups (broad SMARTS) is 1. The Kier molecular flexibility index (Phi) is 7.17. The molecule has 0 atom stereocenters. The average molecular weight is 427 g/mol. The maximum Gasteiger partial charge on any atom is 0.322 e. The molecule has 0 aliphatic heterocycles. The topological polar surface area (TPSA) is 118 Å². The molecule has 9 nitrogen and oxygen atoms in total. The number of ether oxygens (including phenoxy) is 2. The number of pyridine rings is 1. The second-order valence-corrected chi connectivity index (χ2v) is 6.82. The number of hydrogen-bond acceptors (Lipinski definition) is 7. The second kappa shape index (κ2) is 10.2. The van der Waals surface area contributed by atoms with E-state index in [1.54, 1.807) is 26.6 Å². The Hall–Kier alpha value is -3.66. The van der Waals surface area contributed by atoms with Crippen molar-refractivity contribution in [2.45, 2.75) is 6.54 Å². The van der Waals surface area contributed by atoms with E-state index in [2.05, 4.69) is 25.6 Å². The van der Waals surface area contributed by atoms with Gasteiger partial charge in [0.2, 0.25) is 0 Å². The van der Waals surface area contributed by atoms with Crippen LogP contribution in [0.3, 0.4) is 0 Å². The number of nitrogens with one attached hydrogen (secondary N) is 2. The Morgan fingerprint density at radius 3 is 2.60 bits per heavy atom. The summed E-state index contributed by atoms with van der Waals surface area (Å²) >= 11 is 1.38. The van der Waals surface area contributed by atoms with Gasteiger partial charge in [-0.25, -0.2) is 9.98 Å². The lowest BCUT2D eigenvalue weighted by Gasteiger charge is -2.13. The summed E-state index contributed by atoms with van der Waals surface area (Å²) in [6.45, 7) is -0.0846. The van der Waals surface area contributed by atoms with Crippen LogP contribution in [0.5, 0.6) is 11.5 Å². The molecular weight excluding hydrogens is 406 g/mol. The van der Waals surface area contributed by atoms with E-state index in [-0.39, 0.29) is 19.0 Å². The lowest BCUT2D eigenvalue weighted by atomic mass is 10.2. The van der Waals surface area contributed by atoms with Crippen molar-refractivity contribution in [2.24, 2.45) is 4.99 Å². The van der Waals surface area contributed by atoms with E-state index in [0.717, 1.165) is 16.8 Å². The smallest absolute Gasteiger partial charge is 0.322 e. The van der Waals surface area contributed by atoms with E-state index in [0.29, 0.717) is 16.6 Å². The molecule has 0 fully saturated rings. The predicted octanol–water partition coefficient (Wildman–Crippen LogP) is 2.86. The first-order valence-corrected chi connectivity index (χ1v) is 9.81. The number of anilines is 1. The molecule has 0 amide bonds. The first-order valence-electron chi connectivity index (χ1n) is 8.93. The van der Waals surface area contributed by atoms with Crippen LogP contribution >= 0.6 is 11.3 Å². The molecule has 1 aromatic carbocycles. The van der Waals surface area contributed by atoms with Crippen LogP contribution in [0.4, 0.5) is 5.13 Å². The third-order valence-corrected chi connectivity index (χ3v) is 4.78. The van der Waals surface area contributed by atoms with E-state index in [4.69, 9.17) is 14.6 Å². The van der Waals surface area contributed by atoms with Gasteiger partial charge >= 0.3 is 5.97 Å². The third kappa shape index (κ3) is 5.45. The van der Waals surface area contributed by atoms with Crippen LogP contribution in [0.15, 0.2) is 53.1 Å². The summed E-state index contributed by atoms with van der Waals surface area (Å²) in [4.78, 5) is 24.1. The minimum Gasteiger partial charge on any atom is -0.496 e. The number of carboxylic acids is 1. The number of methoxy groups -OCH3 is 2. The highest BCUT2D eigenvalue weighted by molar-refractivity contribution is 7.14. The fourth-order valence-electron chi connectivity index (χ4n) is 2.62. The summed E-state index contributed by atoms with van der Waals surface area (Å²) in [7, 11) is 3.14. The van der Waals surface area contributed by atoms with Gasteiger partial charge in [0.05, 0.1) is 32.0 Å². The summed E-state index contributed by atoms with van der Waals surface area (Å²) in [6.07, 6.45) is 3.42. The van der Waals surface area contributed by atoms with Gasteiger partial charge in [-0.3, -0.25) is 9.78 Å². The average Bonchev–Trinajstić information content (AvgIpc) is 3.24. The summed E-state index contributed by atoms with van der Waals surface area (Å²) in [5, 5.41) is 17.3. The van der Waals surface area contributed by atoms with Gasteiger partial charge in [-0.1, -0.05) is 6.07 Å². The first-order chi connectivity index (χ1) is 14.6. The van der Waals surface area contributed by atoms with Crippen molar-refractivity contribution in [1.82, 2.24) is 15.3 Å². The fourth-order valence-corrected chi connectivity index (χ4v) is 3.34. The van der Waals surface area contributed by atoms with Crippen molar-refractivity contribution >= 4 is 28.4 Å². The Morgan fingerprint density at radius 2 is 1.97 bits per heavy atom. The van der Waals surface area contributed by atoms with E-state index >= 15 is 0 Å². The number of rotatable bonds is 8. The van der Waals surface area contributed by atoms with E-state index < -0.39 is 5.97 Å². The predicted molar refractivity (Wildman–Crippen MR) is 115 cm³/mol. The minimum atomic E-state index is -1.01. The van der Waals surface area contributed by atoms with Crippen LogP contribution in [-0.4, -0.2) is 47.8 Å². The van der Waals surface area contributed by atoms with Gasteiger partial charge in [-0.2, -0.15) is 0 Å². The minimum absolute atomic E-state index is 0.211. The highest BCUT2D eigenvalue weighted by atomic mass is 32.1. The number of thiazole rings is 1. The van der Waals surface area contributed by atoms with E-state index in [1.807, 2.05) is 35.7 Å². The summed E-state index contributed by atoms with van der Waals surface area (Å²) in [6, 6.07) is 9.20. The van der Waals surface area contributed by atoms with Gasteiger partial charge in [-0.15, -0.1) is 11.3 Å². The van der Waals surface area contributed by atoms with Crippen LogP contribution in [0.1, 0.15) is 5.56 Å². The molecule has 3 rings (SSSR count). The molecule has 10 heteroatoms. The molecule has 0 bridgehead atoms. The number of benzene rings is 1. The van der Waals surface area contributed by atoms with Crippen molar-refractivity contribution in [2.75, 3.05) is 26.1 Å². The maximum absolute atomic E-state index is 11.0. The monoisotopic (exact) mass is 427 g/mol. The molecule has 0 saturated carbocycles. The number of aliphatic imine (C=N–C) groups is 1. The molecule has 156 valence electrons. The van der Waals surface area contributed by atoms with Crippen molar-refractivity contribution in [1.29, 1.82) is 0 Å². The van der Waals surface area contributed by atoms with Gasteiger partial charge < -0.3 is 25.2 Å². The number of guanidine groups is 1. The summed E-state index contributed by atoms with van der Waals surface area (Å²) in [5.74, 6) is 0.527. The number of aromatic nitrogens is 2. The molecule has 0 unspecified atom stereocenters. The van der Waals surface area contributed by atoms with Crippen LogP contribution < -0.4 is 20.1 Å². The largest absolute Gasteiger partial charge is 0.496 e. The normalized spacial score (nSPS) is 11.1. The summed E-state index contributed by atoms with van der Waals surface area (Å²) in [5.41, 5.74) is 2.39. The third-order valence-electron chi connectivity index (χ3n) is 4.02. The highest BCUT2D eigenvalue weighted by Crippen LogP contribution is 2.29. The van der Waals surface area contributed by atoms with Gasteiger partial charge in [0.15, 0.2) is 11.1 Å². The number of nitrogens with zero attached hydrogens (tertiary/aromatic N) is 3. The molecule has 0 aliphatic carbocycles. The van der Waals surface area contributed by atoms with Gasteiger partial charge in [0.1, 0.15) is 18.0 Å². The molecule has 2 aromatic heterocycles. The van der Waals surface area contributed by atoms with Crippen LogP contribution in [0.2, 0.25) is 0 Å². The van der Waals surface area contributed by atoms with Crippen molar-refractivity contribution in [3.63, 3.8) is 0 Å². The zero-order chi connectivity index (χ0) is 21.3. The standard InChI is InChI=1S/C20H21N5O4S/c1-28-16-6-3-7-17(29-2)14(16)10-22-19(23-11-18(26)27)25-20-24-15(12-30-20)13-5-4-8-21-9-13/h3-9,12H,10-11H2,1-2H3,(H,26,27)(H2,22,23,24,25). The molecule has 0 aliphatic rings. The fraction of sp³-hybridized carbons (Fsp3) is 0.200. The zero-order valence-corrected chi connectivity index (χ0v) is 17.3. The van der Waals surface area contributed by atoms with Crippen LogP contribution in [0.25, 0.3) is 11.3 Å². The Labute approximate surface area is 177 Å². The lowest BCUT2D eigenvalue weighted by molar-refractivity contribution is -0.135. The Bertz CT molecular complexity index is 1000. The quantitative estimate of drug-likeness (QED) is 0.371. The SMILES string of the molecule is COc1cccc(OC)c1CN=C(NCC(=O)O)Nc1nc(-c2cccnc2)cs1. The van der Waals surface area contributed by atoms with Crippen LogP contribution in [-0.2, 0) is 11.3 Å². The van der Waals surface area contributed by atoms with E-state index in [1.165, 1.54) is 11.3 Å². The van der Waals surface area contributed by atoms with Crippen LogP contribution in [0, 0.1) is 0 Å². The molecule has 30 heavy (non-hydrogen) atoms. The summed E-state index contributed by atoms with van der Waals surface area (Å²) < 4.78 is 10.8. The van der Waals surface area contributed by atoms with Gasteiger partial charge in [0.25, 0.3) is 0 Å². The zero-order valence-electron chi connectivity index (χ0n) is 16.5. The molecule has 0 saturated heterocycles. The first kappa shape index (κ1) is 21.1. The van der Waals surface area contributed by atoms with Crippen molar-refractivity contribution < 1.29 is 19.4 Å². The van der Waals surface area contributed by atoms with E-state index in [9.17, 15) is 4.79 Å². The molecule has 3 aromatic rings. The number of carbonyl (C=O) groups is 1. The van der Waals surface area contributed by atoms with Crippen molar-refractivity contribution in [3.05, 3.63) is 53.7 Å². The number of aliphatic carboxylic acids is 1. The number of hydrogen-bond donors (Lipinski definition) is 3. The molecular formula is C20H21N5O4S. The lowest BCUT2D eigenvalue weighted by Crippen LogP contribution is -2.35. The Balaban J connectivity index is 1.82. The highest BCUT2D eigenvalue weighted by Gasteiger charge is 2.12. The van der Waals surface area contributed by atoms with Crippen molar-refractivity contribution in [3.8, 4) is 22.8 Å². The molecule has 0 spiro atoms. The van der Waals surface area contributed by atoms with Gasteiger partial charge in [-0.05, 0) is 24.3 Å². The molecule has 0 radical (unpaired) electrons.